The first kappa shape index (κ1) is 22.1. The third-order valence-corrected chi connectivity index (χ3v) is 7.08. The van der Waals surface area contributed by atoms with E-state index in [-0.39, 0.29) is 29.2 Å². The van der Waals surface area contributed by atoms with Crippen LogP contribution in [0.4, 0.5) is 11.4 Å². The fourth-order valence-electron chi connectivity index (χ4n) is 5.66. The van der Waals surface area contributed by atoms with Crippen LogP contribution in [0.3, 0.4) is 0 Å². The molecule has 8 nitrogen and oxygen atoms in total. The van der Waals surface area contributed by atoms with E-state index in [0.717, 1.165) is 19.3 Å². The summed E-state index contributed by atoms with van der Waals surface area (Å²) >= 11 is 0. The molecule has 3 aliphatic rings. The van der Waals surface area contributed by atoms with Crippen LogP contribution in [-0.4, -0.2) is 36.9 Å². The predicted molar refractivity (Wildman–Crippen MR) is 123 cm³/mol. The summed E-state index contributed by atoms with van der Waals surface area (Å²) < 4.78 is 10.6. The lowest BCUT2D eigenvalue weighted by Gasteiger charge is -2.19. The number of fused-ring (bicyclic) bond motifs is 5. The molecular formula is C26H26N2O6. The van der Waals surface area contributed by atoms with Crippen molar-refractivity contribution in [3.63, 3.8) is 0 Å². The number of ether oxygens (including phenoxy) is 2. The Labute approximate surface area is 197 Å². The van der Waals surface area contributed by atoms with Gasteiger partial charge in [0.25, 0.3) is 5.91 Å². The quantitative estimate of drug-likeness (QED) is 0.500. The number of amides is 3. The Morgan fingerprint density at radius 1 is 0.971 bits per heavy atom. The van der Waals surface area contributed by atoms with E-state index in [0.29, 0.717) is 35.6 Å². The largest absolute Gasteiger partial charge is 0.492 e. The number of hydrogen-bond donors (Lipinski definition) is 1. The monoisotopic (exact) mass is 462 g/mol. The summed E-state index contributed by atoms with van der Waals surface area (Å²) in [5, 5.41) is 2.67. The second kappa shape index (κ2) is 8.93. The Kier molecular flexibility index (Phi) is 5.81. The molecule has 34 heavy (non-hydrogen) atoms. The van der Waals surface area contributed by atoms with Crippen LogP contribution in [-0.2, 0) is 19.1 Å². The van der Waals surface area contributed by atoms with Crippen molar-refractivity contribution in [2.45, 2.75) is 26.2 Å². The molecule has 8 heteroatoms. The van der Waals surface area contributed by atoms with Gasteiger partial charge in [-0.1, -0.05) is 12.1 Å². The highest BCUT2D eigenvalue weighted by Gasteiger charge is 2.61. The van der Waals surface area contributed by atoms with Gasteiger partial charge >= 0.3 is 5.97 Å². The van der Waals surface area contributed by atoms with Crippen molar-refractivity contribution in [2.75, 3.05) is 23.4 Å². The maximum atomic E-state index is 13.0. The zero-order valence-electron chi connectivity index (χ0n) is 18.9. The number of anilines is 2. The standard InChI is InChI=1S/C26H26N2O6/c1-2-33-20-6-4-3-5-19(20)27-21(29)14-34-26(32)15-9-11-18(12-10-15)28-24(30)22-16-7-8-17(13-16)23(22)25(28)31/h3-6,9-12,16-17,22-23H,2,7-8,13-14H2,1H3,(H,27,29)/t16-,17-,22+,23+/m0/s1. The topological polar surface area (TPSA) is 102 Å². The first-order valence-corrected chi connectivity index (χ1v) is 11.6. The molecule has 1 heterocycles. The molecule has 0 aromatic heterocycles. The van der Waals surface area contributed by atoms with Crippen LogP contribution in [0.25, 0.3) is 0 Å². The molecule has 176 valence electrons. The summed E-state index contributed by atoms with van der Waals surface area (Å²) in [6.45, 7) is 1.84. The number of nitrogens with one attached hydrogen (secondary N) is 1. The van der Waals surface area contributed by atoms with Gasteiger partial charge in [0.15, 0.2) is 6.61 Å². The van der Waals surface area contributed by atoms with Crippen molar-refractivity contribution < 1.29 is 28.7 Å². The van der Waals surface area contributed by atoms with Crippen molar-refractivity contribution >= 4 is 35.1 Å². The van der Waals surface area contributed by atoms with Crippen molar-refractivity contribution in [1.29, 1.82) is 0 Å². The van der Waals surface area contributed by atoms with E-state index in [9.17, 15) is 19.2 Å². The van der Waals surface area contributed by atoms with Gasteiger partial charge in [0.2, 0.25) is 11.8 Å². The minimum absolute atomic E-state index is 0.124. The lowest BCUT2D eigenvalue weighted by Crippen LogP contribution is -2.32. The molecule has 2 saturated carbocycles. The summed E-state index contributed by atoms with van der Waals surface area (Å²) in [5.41, 5.74) is 1.18. The van der Waals surface area contributed by atoms with Gasteiger partial charge in [0, 0.05) is 0 Å². The van der Waals surface area contributed by atoms with E-state index in [4.69, 9.17) is 9.47 Å². The summed E-state index contributed by atoms with van der Waals surface area (Å²) in [7, 11) is 0. The Balaban J connectivity index is 1.19. The van der Waals surface area contributed by atoms with Gasteiger partial charge in [-0.15, -0.1) is 0 Å². The van der Waals surface area contributed by atoms with Crippen molar-refractivity contribution in [1.82, 2.24) is 0 Å². The lowest BCUT2D eigenvalue weighted by atomic mass is 9.81. The Morgan fingerprint density at radius 3 is 2.26 bits per heavy atom. The number of nitrogens with zero attached hydrogens (tertiary/aromatic N) is 1. The Hall–Kier alpha value is -3.68. The number of hydrogen-bond acceptors (Lipinski definition) is 6. The van der Waals surface area contributed by atoms with Crippen molar-refractivity contribution in [3.05, 3.63) is 54.1 Å². The van der Waals surface area contributed by atoms with Gasteiger partial charge < -0.3 is 14.8 Å². The number of carbonyl (C=O) groups excluding carboxylic acids is 4. The number of esters is 1. The average Bonchev–Trinajstić information content (AvgIpc) is 3.53. The average molecular weight is 463 g/mol. The van der Waals surface area contributed by atoms with E-state index >= 15 is 0 Å². The van der Waals surface area contributed by atoms with Gasteiger partial charge in [0.1, 0.15) is 5.75 Å². The SMILES string of the molecule is CCOc1ccccc1NC(=O)COC(=O)c1ccc(N2C(=O)[C@@H]3[C@H]4CC[C@@H](C4)[C@H]3C2=O)cc1. The van der Waals surface area contributed by atoms with Crippen LogP contribution in [0, 0.1) is 23.7 Å². The molecule has 1 saturated heterocycles. The molecular weight excluding hydrogens is 436 g/mol. The number of carbonyl (C=O) groups is 4. The second-order valence-corrected chi connectivity index (χ2v) is 9.00. The number of imide groups is 1. The van der Waals surface area contributed by atoms with Crippen LogP contribution in [0.2, 0.25) is 0 Å². The zero-order chi connectivity index (χ0) is 23.8. The Bertz CT molecular complexity index is 1120. The number of rotatable bonds is 7. The molecule has 3 amide bonds. The van der Waals surface area contributed by atoms with Crippen LogP contribution >= 0.6 is 0 Å². The first-order chi connectivity index (χ1) is 16.5. The van der Waals surface area contributed by atoms with E-state index in [1.807, 2.05) is 6.92 Å². The van der Waals surface area contributed by atoms with Gasteiger partial charge in [-0.25, -0.2) is 4.79 Å². The molecule has 2 aromatic carbocycles. The Morgan fingerprint density at radius 2 is 1.62 bits per heavy atom. The third kappa shape index (κ3) is 3.83. The van der Waals surface area contributed by atoms with Crippen molar-refractivity contribution in [3.8, 4) is 5.75 Å². The molecule has 0 radical (unpaired) electrons. The maximum absolute atomic E-state index is 13.0. The van der Waals surface area contributed by atoms with Crippen LogP contribution in [0.1, 0.15) is 36.5 Å². The molecule has 2 aromatic rings. The predicted octanol–water partition coefficient (Wildman–Crippen LogP) is 3.42. The fourth-order valence-corrected chi connectivity index (χ4v) is 5.66. The van der Waals surface area contributed by atoms with E-state index < -0.39 is 18.5 Å². The number of para-hydroxylation sites is 2. The minimum Gasteiger partial charge on any atom is -0.492 e. The second-order valence-electron chi connectivity index (χ2n) is 9.00. The highest BCUT2D eigenvalue weighted by Crippen LogP contribution is 2.56. The summed E-state index contributed by atoms with van der Waals surface area (Å²) in [6.07, 6.45) is 3.03. The summed E-state index contributed by atoms with van der Waals surface area (Å²) in [6, 6.07) is 13.2. The normalized spacial score (nSPS) is 24.8. The lowest BCUT2D eigenvalue weighted by molar-refractivity contribution is -0.123. The summed E-state index contributed by atoms with van der Waals surface area (Å²) in [4.78, 5) is 51.8. The van der Waals surface area contributed by atoms with Crippen molar-refractivity contribution in [2.24, 2.45) is 23.7 Å². The molecule has 1 N–H and O–H groups in total. The first-order valence-electron chi connectivity index (χ1n) is 11.6. The molecule has 2 aliphatic carbocycles. The highest BCUT2D eigenvalue weighted by molar-refractivity contribution is 6.22. The van der Waals surface area contributed by atoms with Crippen LogP contribution in [0.5, 0.6) is 5.75 Å². The molecule has 0 spiro atoms. The molecule has 2 bridgehead atoms. The molecule has 3 fully saturated rings. The minimum atomic E-state index is -0.672. The molecule has 5 rings (SSSR count). The van der Waals surface area contributed by atoms with E-state index in [2.05, 4.69) is 5.32 Å². The van der Waals surface area contributed by atoms with Gasteiger partial charge in [-0.3, -0.25) is 19.3 Å². The maximum Gasteiger partial charge on any atom is 0.338 e. The molecule has 4 atom stereocenters. The smallest absolute Gasteiger partial charge is 0.338 e. The fraction of sp³-hybridized carbons (Fsp3) is 0.385. The highest BCUT2D eigenvalue weighted by atomic mass is 16.5. The van der Waals surface area contributed by atoms with Gasteiger partial charge in [-0.05, 0) is 74.4 Å². The summed E-state index contributed by atoms with van der Waals surface area (Å²) in [5.74, 6) is -0.633. The van der Waals surface area contributed by atoms with Crippen LogP contribution < -0.4 is 15.0 Å². The third-order valence-electron chi connectivity index (χ3n) is 7.08. The number of benzene rings is 2. The van der Waals surface area contributed by atoms with Crippen LogP contribution in [0.15, 0.2) is 48.5 Å². The van der Waals surface area contributed by atoms with E-state index in [1.165, 1.54) is 17.0 Å². The van der Waals surface area contributed by atoms with Gasteiger partial charge in [0.05, 0.1) is 35.4 Å². The molecule has 1 aliphatic heterocycles. The molecule has 0 unspecified atom stereocenters. The van der Waals surface area contributed by atoms with Gasteiger partial charge in [-0.2, -0.15) is 0 Å². The van der Waals surface area contributed by atoms with E-state index in [1.54, 1.807) is 36.4 Å². The zero-order valence-corrected chi connectivity index (χ0v) is 18.9.